The number of thiophene rings is 1. The summed E-state index contributed by atoms with van der Waals surface area (Å²) in [4.78, 5) is 1.05. The maximum absolute atomic E-state index is 5.72. The van der Waals surface area contributed by atoms with Gasteiger partial charge in [-0.3, -0.25) is 0 Å². The monoisotopic (exact) mass is 195 g/mol. The molecule has 0 aliphatic heterocycles. The molecule has 62 valence electrons. The predicted octanol–water partition coefficient (Wildman–Crippen LogP) is 3.08. The third-order valence-corrected chi connectivity index (χ3v) is 3.33. The first-order valence-corrected chi connectivity index (χ1v) is 4.97. The van der Waals surface area contributed by atoms with Gasteiger partial charge in [0.25, 0.3) is 0 Å². The summed E-state index contributed by atoms with van der Waals surface area (Å²) in [6, 6.07) is 3.97. The van der Waals surface area contributed by atoms with Gasteiger partial charge in [-0.1, -0.05) is 0 Å². The smallest absolute Gasteiger partial charge is 0.0377 e. The molecule has 1 aromatic carbocycles. The molecule has 1 heterocycles. The maximum Gasteiger partial charge on any atom is 0.0377 e. The average Bonchev–Trinajstić information content (AvgIpc) is 2.31. The van der Waals surface area contributed by atoms with Crippen molar-refractivity contribution in [1.29, 1.82) is 0 Å². The van der Waals surface area contributed by atoms with Crippen LogP contribution >= 0.6 is 24.0 Å². The highest BCUT2D eigenvalue weighted by atomic mass is 32.1. The first-order chi connectivity index (χ1) is 5.68. The van der Waals surface area contributed by atoms with Crippen LogP contribution in [-0.2, 0) is 0 Å². The first-order valence-electron chi connectivity index (χ1n) is 3.65. The minimum absolute atomic E-state index is 0.829. The van der Waals surface area contributed by atoms with Gasteiger partial charge in [0.1, 0.15) is 0 Å². The van der Waals surface area contributed by atoms with Gasteiger partial charge >= 0.3 is 0 Å². The molecule has 0 bridgehead atoms. The number of aryl methyl sites for hydroxylation is 1. The van der Waals surface area contributed by atoms with Gasteiger partial charge in [-0.25, -0.2) is 0 Å². The second kappa shape index (κ2) is 2.68. The number of nitrogen functional groups attached to an aromatic ring is 1. The number of thiol groups is 1. The van der Waals surface area contributed by atoms with Crippen LogP contribution < -0.4 is 5.73 Å². The van der Waals surface area contributed by atoms with Crippen molar-refractivity contribution in [3.63, 3.8) is 0 Å². The molecule has 0 radical (unpaired) electrons. The fraction of sp³-hybridized carbons (Fsp3) is 0.111. The quantitative estimate of drug-likeness (QED) is 0.490. The fourth-order valence-electron chi connectivity index (χ4n) is 1.38. The van der Waals surface area contributed by atoms with Crippen molar-refractivity contribution in [2.24, 2.45) is 0 Å². The van der Waals surface area contributed by atoms with Crippen LogP contribution in [0, 0.1) is 6.92 Å². The van der Waals surface area contributed by atoms with Crippen LogP contribution in [0.4, 0.5) is 5.69 Å². The minimum atomic E-state index is 0.829. The molecule has 2 rings (SSSR count). The van der Waals surface area contributed by atoms with E-state index in [0.29, 0.717) is 0 Å². The molecule has 0 amide bonds. The Hall–Kier alpha value is -0.670. The zero-order valence-corrected chi connectivity index (χ0v) is 8.38. The van der Waals surface area contributed by atoms with E-state index < -0.39 is 0 Å². The summed E-state index contributed by atoms with van der Waals surface area (Å²) in [6.45, 7) is 2.06. The minimum Gasteiger partial charge on any atom is -0.399 e. The van der Waals surface area contributed by atoms with Crippen molar-refractivity contribution in [2.45, 2.75) is 11.8 Å². The van der Waals surface area contributed by atoms with E-state index >= 15 is 0 Å². The van der Waals surface area contributed by atoms with Crippen LogP contribution in [0.25, 0.3) is 10.1 Å². The van der Waals surface area contributed by atoms with Crippen LogP contribution in [-0.4, -0.2) is 0 Å². The van der Waals surface area contributed by atoms with Crippen molar-refractivity contribution in [3.8, 4) is 0 Å². The molecule has 12 heavy (non-hydrogen) atoms. The molecule has 0 saturated heterocycles. The fourth-order valence-corrected chi connectivity index (χ4v) is 2.86. The molecule has 0 fully saturated rings. The Morgan fingerprint density at radius 1 is 1.42 bits per heavy atom. The second-order valence-corrected chi connectivity index (χ2v) is 4.22. The molecule has 0 unspecified atom stereocenters. The predicted molar refractivity (Wildman–Crippen MR) is 58.2 cm³/mol. The molecular weight excluding hydrogens is 186 g/mol. The van der Waals surface area contributed by atoms with Gasteiger partial charge in [0, 0.05) is 26.0 Å². The number of hydrogen-bond donors (Lipinski definition) is 2. The molecule has 2 N–H and O–H groups in total. The Morgan fingerprint density at radius 3 is 2.92 bits per heavy atom. The van der Waals surface area contributed by atoms with Gasteiger partial charge in [-0.05, 0) is 24.6 Å². The molecule has 1 nitrogen and oxygen atoms in total. The van der Waals surface area contributed by atoms with Crippen molar-refractivity contribution >= 4 is 39.7 Å². The lowest BCUT2D eigenvalue weighted by Crippen LogP contribution is -1.84. The van der Waals surface area contributed by atoms with Crippen molar-refractivity contribution in [2.75, 3.05) is 5.73 Å². The lowest BCUT2D eigenvalue weighted by atomic mass is 10.1. The van der Waals surface area contributed by atoms with Crippen LogP contribution in [0.2, 0.25) is 0 Å². The van der Waals surface area contributed by atoms with Crippen molar-refractivity contribution in [1.82, 2.24) is 0 Å². The zero-order chi connectivity index (χ0) is 8.72. The molecule has 2 aromatic rings. The van der Waals surface area contributed by atoms with Gasteiger partial charge in [-0.15, -0.1) is 24.0 Å². The Balaban J connectivity index is 2.93. The molecule has 3 heteroatoms. The largest absolute Gasteiger partial charge is 0.399 e. The summed E-state index contributed by atoms with van der Waals surface area (Å²) in [5.41, 5.74) is 7.75. The van der Waals surface area contributed by atoms with Gasteiger partial charge in [0.15, 0.2) is 0 Å². The Morgan fingerprint density at radius 2 is 2.17 bits per heavy atom. The summed E-state index contributed by atoms with van der Waals surface area (Å²) in [5, 5.41) is 3.28. The van der Waals surface area contributed by atoms with E-state index in [1.54, 1.807) is 11.3 Å². The summed E-state index contributed by atoms with van der Waals surface area (Å²) >= 11 is 6.06. The van der Waals surface area contributed by atoms with Crippen molar-refractivity contribution < 1.29 is 0 Å². The lowest BCUT2D eigenvalue weighted by molar-refractivity contribution is 1.50. The zero-order valence-electron chi connectivity index (χ0n) is 6.66. The second-order valence-electron chi connectivity index (χ2n) is 2.83. The summed E-state index contributed by atoms with van der Waals surface area (Å²) in [7, 11) is 0. The van der Waals surface area contributed by atoms with E-state index in [9.17, 15) is 0 Å². The van der Waals surface area contributed by atoms with Gasteiger partial charge in [-0.2, -0.15) is 0 Å². The highest BCUT2D eigenvalue weighted by molar-refractivity contribution is 7.80. The summed E-state index contributed by atoms with van der Waals surface area (Å²) in [5.74, 6) is 0. The Bertz CT molecular complexity index is 431. The normalized spacial score (nSPS) is 10.8. The van der Waals surface area contributed by atoms with Crippen molar-refractivity contribution in [3.05, 3.63) is 23.1 Å². The molecule has 0 aliphatic carbocycles. The number of fused-ring (bicyclic) bond motifs is 1. The highest BCUT2D eigenvalue weighted by Crippen LogP contribution is 2.32. The first kappa shape index (κ1) is 7.95. The molecule has 0 aliphatic rings. The van der Waals surface area contributed by atoms with Gasteiger partial charge in [0.05, 0.1) is 0 Å². The number of rotatable bonds is 0. The van der Waals surface area contributed by atoms with E-state index in [1.165, 1.54) is 15.6 Å². The lowest BCUT2D eigenvalue weighted by Gasteiger charge is -1.99. The van der Waals surface area contributed by atoms with Gasteiger partial charge < -0.3 is 5.73 Å². The molecule has 0 saturated carbocycles. The SMILES string of the molecule is Cc1cc(N)cc2scc(S)c12. The third kappa shape index (κ3) is 1.09. The maximum atomic E-state index is 5.72. The Kier molecular flexibility index (Phi) is 1.77. The van der Waals surface area contributed by atoms with Crippen LogP contribution in [0.1, 0.15) is 5.56 Å². The van der Waals surface area contributed by atoms with E-state index in [4.69, 9.17) is 5.73 Å². The molecule has 0 spiro atoms. The number of hydrogen-bond acceptors (Lipinski definition) is 3. The number of nitrogens with two attached hydrogens (primary N) is 1. The van der Waals surface area contributed by atoms with E-state index in [1.807, 2.05) is 17.5 Å². The summed E-state index contributed by atoms with van der Waals surface area (Å²) < 4.78 is 1.22. The van der Waals surface area contributed by atoms with Crippen LogP contribution in [0.3, 0.4) is 0 Å². The van der Waals surface area contributed by atoms with E-state index in [0.717, 1.165) is 10.6 Å². The molecular formula is C9H9NS2. The number of benzene rings is 1. The standard InChI is InChI=1S/C9H9NS2/c1-5-2-6(10)3-8-9(5)7(11)4-12-8/h2-4,11H,10H2,1H3. The average molecular weight is 195 g/mol. The highest BCUT2D eigenvalue weighted by Gasteiger charge is 2.04. The van der Waals surface area contributed by atoms with E-state index in [-0.39, 0.29) is 0 Å². The Labute approximate surface area is 80.6 Å². The summed E-state index contributed by atoms with van der Waals surface area (Å²) in [6.07, 6.45) is 0. The van der Waals surface area contributed by atoms with Gasteiger partial charge in [0.2, 0.25) is 0 Å². The third-order valence-electron chi connectivity index (χ3n) is 1.88. The molecule has 1 aromatic heterocycles. The number of anilines is 1. The topological polar surface area (TPSA) is 26.0 Å². The molecule has 0 atom stereocenters. The van der Waals surface area contributed by atoms with E-state index in [2.05, 4.69) is 19.6 Å². The van der Waals surface area contributed by atoms with Crippen LogP contribution in [0.15, 0.2) is 22.4 Å². The van der Waals surface area contributed by atoms with Crippen LogP contribution in [0.5, 0.6) is 0 Å².